The zero-order valence-corrected chi connectivity index (χ0v) is 14.9. The van der Waals surface area contributed by atoms with E-state index in [2.05, 4.69) is 17.3 Å². The second-order valence-corrected chi connectivity index (χ2v) is 7.86. The van der Waals surface area contributed by atoms with Crippen molar-refractivity contribution in [1.29, 1.82) is 0 Å². The second kappa shape index (κ2) is 10.2. The normalized spacial score (nSPS) is 17.8. The van der Waals surface area contributed by atoms with Crippen LogP contribution in [0.4, 0.5) is 0 Å². The summed E-state index contributed by atoms with van der Waals surface area (Å²) in [5.74, 6) is 0. The van der Waals surface area contributed by atoms with E-state index in [1.165, 1.54) is 69.8 Å². The molecule has 0 spiro atoms. The van der Waals surface area contributed by atoms with Crippen LogP contribution in [0.25, 0.3) is 0 Å². The van der Waals surface area contributed by atoms with Crippen LogP contribution in [0.1, 0.15) is 76.7 Å². The minimum absolute atomic E-state index is 0.861. The molecule has 2 nitrogen and oxygen atoms in total. The average Bonchev–Trinajstić information content (AvgIpc) is 2.86. The molecule has 22 heavy (non-hydrogen) atoms. The van der Waals surface area contributed by atoms with Crippen LogP contribution in [-0.4, -0.2) is 15.1 Å². The number of nitrogens with zero attached hydrogens (tertiary/aromatic N) is 1. The molecule has 1 aromatic rings. The molecule has 0 radical (unpaired) electrons. The van der Waals surface area contributed by atoms with Gasteiger partial charge in [0.05, 0.1) is 4.90 Å². The first-order valence-corrected chi connectivity index (χ1v) is 10.2. The topological polar surface area (TPSA) is 20.3 Å². The third-order valence-corrected chi connectivity index (χ3v) is 6.06. The number of benzene rings is 1. The van der Waals surface area contributed by atoms with Crippen molar-refractivity contribution >= 4 is 11.0 Å². The van der Waals surface area contributed by atoms with E-state index in [9.17, 15) is 4.21 Å². The van der Waals surface area contributed by atoms with Crippen molar-refractivity contribution in [2.24, 2.45) is 0 Å². The van der Waals surface area contributed by atoms with Gasteiger partial charge in [-0.3, -0.25) is 0 Å². The van der Waals surface area contributed by atoms with Crippen molar-refractivity contribution in [1.82, 2.24) is 4.31 Å². The van der Waals surface area contributed by atoms with E-state index in [4.69, 9.17) is 0 Å². The van der Waals surface area contributed by atoms with Crippen molar-refractivity contribution in [2.45, 2.75) is 82.6 Å². The molecule has 0 aromatic heterocycles. The monoisotopic (exact) mass is 321 g/mol. The van der Waals surface area contributed by atoms with Crippen LogP contribution in [0.5, 0.6) is 0 Å². The maximum absolute atomic E-state index is 12.3. The lowest BCUT2D eigenvalue weighted by atomic mass is 10.1. The van der Waals surface area contributed by atoms with E-state index in [1.807, 2.05) is 18.2 Å². The van der Waals surface area contributed by atoms with Gasteiger partial charge in [-0.1, -0.05) is 82.9 Å². The van der Waals surface area contributed by atoms with Crippen LogP contribution in [0.15, 0.2) is 29.2 Å². The Bertz CT molecular complexity index is 461. The van der Waals surface area contributed by atoms with Crippen molar-refractivity contribution in [2.75, 3.05) is 6.54 Å². The molecule has 0 saturated heterocycles. The quantitative estimate of drug-likeness (QED) is 0.497. The summed E-state index contributed by atoms with van der Waals surface area (Å²) in [4.78, 5) is 1.02. The Balaban J connectivity index is 1.49. The van der Waals surface area contributed by atoms with Gasteiger partial charge >= 0.3 is 0 Å². The summed E-state index contributed by atoms with van der Waals surface area (Å²) in [6.45, 7) is 4.10. The smallest absolute Gasteiger partial charge is 0.128 e. The molecule has 0 amide bonds. The van der Waals surface area contributed by atoms with Crippen LogP contribution in [0.3, 0.4) is 0 Å². The summed E-state index contributed by atoms with van der Waals surface area (Å²) >= 11 is 0. The van der Waals surface area contributed by atoms with Crippen LogP contribution < -0.4 is 0 Å². The fourth-order valence-electron chi connectivity index (χ4n) is 3.13. The summed E-state index contributed by atoms with van der Waals surface area (Å²) in [5, 5.41) is 0. The standard InChI is InChI=1S/C19H31NOS/c1-2-3-4-5-6-7-8-9-10-13-16-20-17-18-14-11-12-15-19(18)22(20)21/h11-12,14-15H,2-10,13,16-17H2,1H3. The first-order chi connectivity index (χ1) is 10.8. The molecule has 0 saturated carbocycles. The van der Waals surface area contributed by atoms with Gasteiger partial charge in [0.15, 0.2) is 0 Å². The zero-order valence-electron chi connectivity index (χ0n) is 14.1. The summed E-state index contributed by atoms with van der Waals surface area (Å²) in [7, 11) is -0.916. The summed E-state index contributed by atoms with van der Waals surface area (Å²) in [5.41, 5.74) is 1.24. The zero-order chi connectivity index (χ0) is 15.6. The van der Waals surface area contributed by atoms with Gasteiger partial charge in [0.25, 0.3) is 0 Å². The third-order valence-electron chi connectivity index (χ3n) is 4.50. The van der Waals surface area contributed by atoms with Gasteiger partial charge in [-0.15, -0.1) is 0 Å². The summed E-state index contributed by atoms with van der Waals surface area (Å²) < 4.78 is 14.4. The molecule has 0 N–H and O–H groups in total. The molecule has 2 rings (SSSR count). The van der Waals surface area contributed by atoms with Gasteiger partial charge in [0.1, 0.15) is 11.0 Å². The predicted molar refractivity (Wildman–Crippen MR) is 95.1 cm³/mol. The van der Waals surface area contributed by atoms with Crippen LogP contribution in [0, 0.1) is 0 Å². The largest absolute Gasteiger partial charge is 0.237 e. The first-order valence-electron chi connectivity index (χ1n) is 9.07. The fraction of sp³-hybridized carbons (Fsp3) is 0.684. The number of unbranched alkanes of at least 4 members (excludes halogenated alkanes) is 9. The molecular weight excluding hydrogens is 290 g/mol. The molecule has 1 aliphatic heterocycles. The van der Waals surface area contributed by atoms with Gasteiger partial charge in [0.2, 0.25) is 0 Å². The number of hydrogen-bond donors (Lipinski definition) is 0. The summed E-state index contributed by atoms with van der Waals surface area (Å²) in [6.07, 6.45) is 13.5. The number of hydrogen-bond acceptors (Lipinski definition) is 1. The Morgan fingerprint density at radius 2 is 1.50 bits per heavy atom. The van der Waals surface area contributed by atoms with Gasteiger partial charge in [0, 0.05) is 13.1 Å². The molecule has 3 heteroatoms. The maximum atomic E-state index is 12.3. The fourth-order valence-corrected chi connectivity index (χ4v) is 4.51. The molecule has 1 heterocycles. The van der Waals surface area contributed by atoms with E-state index in [-0.39, 0.29) is 0 Å². The third kappa shape index (κ3) is 5.51. The van der Waals surface area contributed by atoms with E-state index >= 15 is 0 Å². The minimum atomic E-state index is -0.916. The average molecular weight is 322 g/mol. The Morgan fingerprint density at radius 3 is 2.14 bits per heavy atom. The molecular formula is C19H31NOS. The minimum Gasteiger partial charge on any atom is -0.237 e. The number of fused-ring (bicyclic) bond motifs is 1. The Morgan fingerprint density at radius 1 is 0.909 bits per heavy atom. The van der Waals surface area contributed by atoms with Crippen LogP contribution in [0.2, 0.25) is 0 Å². The van der Waals surface area contributed by atoms with Crippen molar-refractivity contribution < 1.29 is 4.21 Å². The highest BCUT2D eigenvalue weighted by molar-refractivity contribution is 7.83. The van der Waals surface area contributed by atoms with Gasteiger partial charge in [-0.05, 0) is 18.1 Å². The Kier molecular flexibility index (Phi) is 8.17. The van der Waals surface area contributed by atoms with Crippen molar-refractivity contribution in [3.05, 3.63) is 29.8 Å². The maximum Gasteiger partial charge on any atom is 0.128 e. The van der Waals surface area contributed by atoms with Crippen molar-refractivity contribution in [3.63, 3.8) is 0 Å². The van der Waals surface area contributed by atoms with Crippen molar-refractivity contribution in [3.8, 4) is 0 Å². The molecule has 1 aliphatic rings. The highest BCUT2D eigenvalue weighted by Gasteiger charge is 2.25. The first kappa shape index (κ1) is 17.7. The van der Waals surface area contributed by atoms with Crippen LogP contribution in [-0.2, 0) is 17.5 Å². The molecule has 1 atom stereocenters. The van der Waals surface area contributed by atoms with E-state index in [0.29, 0.717) is 0 Å². The molecule has 1 unspecified atom stereocenters. The molecule has 0 aliphatic carbocycles. The SMILES string of the molecule is CCCCCCCCCCCCN1Cc2ccccc2S1=O. The molecule has 0 bridgehead atoms. The highest BCUT2D eigenvalue weighted by atomic mass is 32.2. The van der Waals surface area contributed by atoms with E-state index < -0.39 is 11.0 Å². The lowest BCUT2D eigenvalue weighted by Crippen LogP contribution is -2.20. The van der Waals surface area contributed by atoms with E-state index in [1.54, 1.807) is 0 Å². The van der Waals surface area contributed by atoms with Gasteiger partial charge in [-0.25, -0.2) is 8.51 Å². The van der Waals surface area contributed by atoms with Gasteiger partial charge in [-0.2, -0.15) is 0 Å². The van der Waals surface area contributed by atoms with Crippen LogP contribution >= 0.6 is 0 Å². The highest BCUT2D eigenvalue weighted by Crippen LogP contribution is 2.26. The Labute approximate surface area is 138 Å². The molecule has 124 valence electrons. The van der Waals surface area contributed by atoms with E-state index in [0.717, 1.165) is 18.0 Å². The molecule has 1 aromatic carbocycles. The lowest BCUT2D eigenvalue weighted by Gasteiger charge is -2.12. The lowest BCUT2D eigenvalue weighted by molar-refractivity contribution is 0.431. The second-order valence-electron chi connectivity index (χ2n) is 6.40. The number of rotatable bonds is 11. The predicted octanol–water partition coefficient (Wildman–Crippen LogP) is 5.45. The summed E-state index contributed by atoms with van der Waals surface area (Å²) in [6, 6.07) is 8.14. The van der Waals surface area contributed by atoms with Gasteiger partial charge < -0.3 is 0 Å². The molecule has 0 fully saturated rings. The Hall–Kier alpha value is -0.670.